The fraction of sp³-hybridized carbons (Fsp3) is 0.714. The molecule has 5 heteroatoms. The minimum Gasteiger partial charge on any atom is -0.303 e. The van der Waals surface area contributed by atoms with E-state index in [-0.39, 0.29) is 5.41 Å². The Bertz CT molecular complexity index is 717. The summed E-state index contributed by atoms with van der Waals surface area (Å²) in [6.45, 7) is 10.5. The molecule has 1 aliphatic heterocycles. The zero-order chi connectivity index (χ0) is 18.9. The molecule has 4 nitrogen and oxygen atoms in total. The number of anilines is 1. The van der Waals surface area contributed by atoms with E-state index in [1.807, 2.05) is 12.1 Å². The van der Waals surface area contributed by atoms with Gasteiger partial charge in [-0.05, 0) is 48.4 Å². The van der Waals surface area contributed by atoms with Crippen molar-refractivity contribution in [2.45, 2.75) is 51.9 Å². The van der Waals surface area contributed by atoms with Crippen molar-refractivity contribution in [3.8, 4) is 0 Å². The lowest BCUT2D eigenvalue weighted by molar-refractivity contribution is 0.243. The number of nitrogens with one attached hydrogen (secondary N) is 1. The highest BCUT2D eigenvalue weighted by molar-refractivity contribution is 7.92. The van der Waals surface area contributed by atoms with Gasteiger partial charge in [-0.15, -0.1) is 0 Å². The molecule has 2 unspecified atom stereocenters. The topological polar surface area (TPSA) is 49.4 Å². The van der Waals surface area contributed by atoms with Crippen LogP contribution in [0, 0.1) is 17.8 Å². The van der Waals surface area contributed by atoms with Gasteiger partial charge in [0, 0.05) is 24.2 Å². The third kappa shape index (κ3) is 3.79. The number of likely N-dealkylation sites (tertiary alicyclic amines) is 1. The van der Waals surface area contributed by atoms with Crippen LogP contribution in [0.15, 0.2) is 24.3 Å². The lowest BCUT2D eigenvalue weighted by Crippen LogP contribution is -2.34. The van der Waals surface area contributed by atoms with Crippen LogP contribution in [0.3, 0.4) is 0 Å². The van der Waals surface area contributed by atoms with Crippen molar-refractivity contribution in [2.24, 2.45) is 17.8 Å². The number of sulfonamides is 1. The van der Waals surface area contributed by atoms with Crippen molar-refractivity contribution in [3.05, 3.63) is 29.8 Å². The molecule has 1 saturated heterocycles. The number of nitrogens with zero attached hydrogens (tertiary/aromatic N) is 1. The Morgan fingerprint density at radius 1 is 1.19 bits per heavy atom. The summed E-state index contributed by atoms with van der Waals surface area (Å²) in [6.07, 6.45) is 6.50. The maximum atomic E-state index is 11.6. The standard InChI is InChI=1S/C21H34N2O2S/c1-5-6-7-8-12-23-14-19-20(15-23)21(19,16(2)3)17-10-9-11-18(13-17)22-26(4,24)25/h9-11,13,16,19-20,22H,5-8,12,14-15H2,1-4H3. The van der Waals surface area contributed by atoms with Crippen LogP contribution in [0.2, 0.25) is 0 Å². The van der Waals surface area contributed by atoms with Crippen molar-refractivity contribution in [2.75, 3.05) is 30.6 Å². The van der Waals surface area contributed by atoms with Crippen molar-refractivity contribution in [1.82, 2.24) is 4.90 Å². The Hall–Kier alpha value is -1.07. The molecule has 1 aliphatic carbocycles. The highest BCUT2D eigenvalue weighted by Gasteiger charge is 2.69. The minimum absolute atomic E-state index is 0.217. The monoisotopic (exact) mass is 378 g/mol. The van der Waals surface area contributed by atoms with Crippen LogP contribution in [0.25, 0.3) is 0 Å². The molecule has 1 heterocycles. The minimum atomic E-state index is -3.24. The van der Waals surface area contributed by atoms with Crippen LogP contribution >= 0.6 is 0 Å². The molecule has 1 aromatic rings. The van der Waals surface area contributed by atoms with E-state index in [1.165, 1.54) is 57.1 Å². The summed E-state index contributed by atoms with van der Waals surface area (Å²) in [5.74, 6) is 1.98. The molecule has 146 valence electrons. The molecule has 3 rings (SSSR count). The van der Waals surface area contributed by atoms with Gasteiger partial charge in [0.2, 0.25) is 10.0 Å². The first-order valence-electron chi connectivity index (χ1n) is 10.1. The molecule has 2 aliphatic rings. The predicted octanol–water partition coefficient (Wildman–Crippen LogP) is 4.09. The van der Waals surface area contributed by atoms with E-state index in [9.17, 15) is 8.42 Å². The summed E-state index contributed by atoms with van der Waals surface area (Å²) in [5.41, 5.74) is 2.21. The van der Waals surface area contributed by atoms with E-state index in [2.05, 4.69) is 42.5 Å². The van der Waals surface area contributed by atoms with Crippen LogP contribution in [-0.2, 0) is 15.4 Å². The van der Waals surface area contributed by atoms with Gasteiger partial charge in [0.05, 0.1) is 6.26 Å². The zero-order valence-electron chi connectivity index (χ0n) is 16.7. The molecule has 1 N–H and O–H groups in total. The second kappa shape index (κ2) is 7.51. The maximum Gasteiger partial charge on any atom is 0.229 e. The molecule has 26 heavy (non-hydrogen) atoms. The van der Waals surface area contributed by atoms with Crippen LogP contribution in [0.5, 0.6) is 0 Å². The number of unbranched alkanes of at least 4 members (excludes halogenated alkanes) is 3. The lowest BCUT2D eigenvalue weighted by Gasteiger charge is -2.30. The normalized spacial score (nSPS) is 28.3. The van der Waals surface area contributed by atoms with E-state index < -0.39 is 10.0 Å². The Morgan fingerprint density at radius 3 is 2.46 bits per heavy atom. The summed E-state index contributed by atoms with van der Waals surface area (Å²) in [7, 11) is -3.24. The fourth-order valence-corrected chi connectivity index (χ4v) is 5.93. The average Bonchev–Trinajstić information content (AvgIpc) is 2.97. The van der Waals surface area contributed by atoms with Crippen molar-refractivity contribution in [3.63, 3.8) is 0 Å². The summed E-state index contributed by atoms with van der Waals surface area (Å²) in [6, 6.07) is 8.09. The van der Waals surface area contributed by atoms with Gasteiger partial charge in [0.25, 0.3) is 0 Å². The highest BCUT2D eigenvalue weighted by Crippen LogP contribution is 2.67. The number of piperidine rings is 1. The third-order valence-corrected chi connectivity index (χ3v) is 7.07. The smallest absolute Gasteiger partial charge is 0.229 e. The number of benzene rings is 1. The molecular weight excluding hydrogens is 344 g/mol. The molecule has 2 fully saturated rings. The quantitative estimate of drug-likeness (QED) is 0.658. The summed E-state index contributed by atoms with van der Waals surface area (Å²) < 4.78 is 25.8. The number of rotatable bonds is 9. The molecule has 0 spiro atoms. The SMILES string of the molecule is CCCCCCN1CC2C(C1)C2(c1cccc(NS(C)(=O)=O)c1)C(C)C. The van der Waals surface area contributed by atoms with Crippen molar-refractivity contribution >= 4 is 15.7 Å². The molecule has 1 aromatic carbocycles. The van der Waals surface area contributed by atoms with Crippen LogP contribution in [-0.4, -0.2) is 39.2 Å². The van der Waals surface area contributed by atoms with E-state index in [1.54, 1.807) is 0 Å². The third-order valence-electron chi connectivity index (χ3n) is 6.46. The van der Waals surface area contributed by atoms with Crippen molar-refractivity contribution < 1.29 is 8.42 Å². The number of hydrogen-bond acceptors (Lipinski definition) is 3. The second-order valence-corrected chi connectivity index (χ2v) is 10.3. The van der Waals surface area contributed by atoms with Gasteiger partial charge in [-0.1, -0.05) is 52.2 Å². The Labute approximate surface area is 159 Å². The maximum absolute atomic E-state index is 11.6. The van der Waals surface area contributed by atoms with Crippen LogP contribution in [0.1, 0.15) is 52.0 Å². The zero-order valence-corrected chi connectivity index (χ0v) is 17.5. The van der Waals surface area contributed by atoms with E-state index >= 15 is 0 Å². The Morgan fingerprint density at radius 2 is 1.88 bits per heavy atom. The molecule has 1 saturated carbocycles. The molecule has 2 atom stereocenters. The van der Waals surface area contributed by atoms with E-state index in [0.717, 1.165) is 0 Å². The summed E-state index contributed by atoms with van der Waals surface area (Å²) >= 11 is 0. The lowest BCUT2D eigenvalue weighted by atomic mass is 9.80. The molecule has 0 bridgehead atoms. The van der Waals surface area contributed by atoms with E-state index in [0.29, 0.717) is 23.4 Å². The van der Waals surface area contributed by atoms with Gasteiger partial charge < -0.3 is 4.90 Å². The molecule has 0 aromatic heterocycles. The summed E-state index contributed by atoms with van der Waals surface area (Å²) in [4.78, 5) is 2.64. The van der Waals surface area contributed by atoms with Gasteiger partial charge >= 0.3 is 0 Å². The first-order chi connectivity index (χ1) is 12.3. The second-order valence-electron chi connectivity index (χ2n) is 8.58. The van der Waals surface area contributed by atoms with Gasteiger partial charge in [-0.25, -0.2) is 8.42 Å². The predicted molar refractivity (Wildman–Crippen MR) is 109 cm³/mol. The fourth-order valence-electron chi connectivity index (χ4n) is 5.38. The van der Waals surface area contributed by atoms with Gasteiger partial charge in [-0.3, -0.25) is 4.72 Å². The molecular formula is C21H34N2O2S. The van der Waals surface area contributed by atoms with Gasteiger partial charge in [0.15, 0.2) is 0 Å². The van der Waals surface area contributed by atoms with Crippen LogP contribution in [0.4, 0.5) is 5.69 Å². The number of hydrogen-bond donors (Lipinski definition) is 1. The molecule has 0 radical (unpaired) electrons. The Balaban J connectivity index is 1.70. The molecule has 0 amide bonds. The van der Waals surface area contributed by atoms with Gasteiger partial charge in [0.1, 0.15) is 0 Å². The first kappa shape index (κ1) is 19.7. The largest absolute Gasteiger partial charge is 0.303 e. The van der Waals surface area contributed by atoms with Gasteiger partial charge in [-0.2, -0.15) is 0 Å². The Kier molecular flexibility index (Phi) is 5.69. The number of fused-ring (bicyclic) bond motifs is 1. The summed E-state index contributed by atoms with van der Waals surface area (Å²) in [5, 5.41) is 0. The highest BCUT2D eigenvalue weighted by atomic mass is 32.2. The van der Waals surface area contributed by atoms with Crippen molar-refractivity contribution in [1.29, 1.82) is 0 Å². The van der Waals surface area contributed by atoms with Crippen LogP contribution < -0.4 is 4.72 Å². The average molecular weight is 379 g/mol. The first-order valence-corrected chi connectivity index (χ1v) is 12.0. The van der Waals surface area contributed by atoms with E-state index in [4.69, 9.17) is 0 Å².